The molecule has 4 rings (SSSR count). The van der Waals surface area contributed by atoms with Gasteiger partial charge in [0, 0.05) is 16.0 Å². The molecule has 1 aromatic carbocycles. The molecule has 0 amide bonds. The van der Waals surface area contributed by atoms with E-state index in [1.165, 1.54) is 11.3 Å². The van der Waals surface area contributed by atoms with E-state index in [0.29, 0.717) is 11.3 Å². The average molecular weight is 379 g/mol. The van der Waals surface area contributed by atoms with Gasteiger partial charge in [-0.25, -0.2) is 19.8 Å². The van der Waals surface area contributed by atoms with Crippen molar-refractivity contribution < 1.29 is 14.3 Å². The molecule has 0 unspecified atom stereocenters. The first-order chi connectivity index (χ1) is 13.0. The molecule has 3 aromatic rings. The number of benzene rings is 1. The summed E-state index contributed by atoms with van der Waals surface area (Å²) < 4.78 is 10.7. The van der Waals surface area contributed by atoms with Crippen LogP contribution in [0.15, 0.2) is 35.0 Å². The van der Waals surface area contributed by atoms with E-state index in [1.807, 2.05) is 32.9 Å². The zero-order chi connectivity index (χ0) is 19.1. The number of hydrogen-bond acceptors (Lipinski definition) is 7. The number of hydrogen-bond donors (Lipinski definition) is 0. The Labute approximate surface area is 160 Å². The lowest BCUT2D eigenvalue weighted by atomic mass is 10.1. The fourth-order valence-electron chi connectivity index (χ4n) is 3.10. The number of cyclic esters (lactones) is 1. The average Bonchev–Trinajstić information content (AvgIpc) is 3.15. The lowest BCUT2D eigenvalue weighted by Crippen LogP contribution is -2.06. The molecular formula is C20H17N3O3S. The summed E-state index contributed by atoms with van der Waals surface area (Å²) in [6, 6.07) is 7.30. The number of ether oxygens (including phenoxy) is 2. The lowest BCUT2D eigenvalue weighted by Gasteiger charge is -2.05. The minimum absolute atomic E-state index is 0.245. The normalized spacial score (nSPS) is 15.3. The predicted molar refractivity (Wildman–Crippen MR) is 105 cm³/mol. The number of esters is 1. The molecule has 1 aliphatic rings. The van der Waals surface area contributed by atoms with Gasteiger partial charge in [0.25, 0.3) is 0 Å². The third-order valence-corrected chi connectivity index (χ3v) is 5.48. The maximum atomic E-state index is 12.3. The summed E-state index contributed by atoms with van der Waals surface area (Å²) in [6.07, 6.45) is 1.75. The first-order valence-electron chi connectivity index (χ1n) is 8.38. The highest BCUT2D eigenvalue weighted by atomic mass is 32.1. The molecule has 0 atom stereocenters. The summed E-state index contributed by atoms with van der Waals surface area (Å²) in [7, 11) is 1.57. The summed E-state index contributed by atoms with van der Waals surface area (Å²) in [5, 5.41) is 1.03. The molecule has 0 aliphatic carbocycles. The van der Waals surface area contributed by atoms with Gasteiger partial charge in [0.1, 0.15) is 16.4 Å². The second kappa shape index (κ2) is 6.59. The Hall–Kier alpha value is -3.06. The van der Waals surface area contributed by atoms with Crippen LogP contribution < -0.4 is 4.74 Å². The van der Waals surface area contributed by atoms with Crippen LogP contribution in [-0.2, 0) is 9.53 Å². The third-order valence-electron chi connectivity index (χ3n) is 4.35. The number of aryl methyl sites for hydroxylation is 3. The van der Waals surface area contributed by atoms with Crippen LogP contribution in [0.25, 0.3) is 16.3 Å². The number of aliphatic imine (C=N–C) groups is 1. The second-order valence-corrected chi connectivity index (χ2v) is 7.19. The molecule has 3 heterocycles. The van der Waals surface area contributed by atoms with Crippen LogP contribution in [0.3, 0.4) is 0 Å². The molecule has 6 nitrogen and oxygen atoms in total. The van der Waals surface area contributed by atoms with Crippen molar-refractivity contribution in [1.82, 2.24) is 9.97 Å². The fraction of sp³-hybridized carbons (Fsp3) is 0.200. The van der Waals surface area contributed by atoms with Crippen molar-refractivity contribution in [1.29, 1.82) is 0 Å². The molecule has 0 bridgehead atoms. The van der Waals surface area contributed by atoms with Gasteiger partial charge in [-0.1, -0.05) is 12.1 Å². The van der Waals surface area contributed by atoms with Crippen LogP contribution in [0.1, 0.15) is 27.5 Å². The largest absolute Gasteiger partial charge is 0.496 e. The van der Waals surface area contributed by atoms with E-state index in [0.717, 1.165) is 32.2 Å². The molecule has 27 heavy (non-hydrogen) atoms. The Bertz CT molecular complexity index is 1140. The number of methoxy groups -OCH3 is 1. The van der Waals surface area contributed by atoms with Crippen LogP contribution >= 0.6 is 11.3 Å². The van der Waals surface area contributed by atoms with Gasteiger partial charge in [-0.3, -0.25) is 0 Å². The molecule has 0 radical (unpaired) electrons. The first kappa shape index (κ1) is 17.4. The highest BCUT2D eigenvalue weighted by Crippen LogP contribution is 2.34. The van der Waals surface area contributed by atoms with Crippen molar-refractivity contribution >= 4 is 39.5 Å². The van der Waals surface area contributed by atoms with E-state index in [2.05, 4.69) is 15.0 Å². The summed E-state index contributed by atoms with van der Waals surface area (Å²) in [6.45, 7) is 5.84. The number of thiophene rings is 1. The second-order valence-electron chi connectivity index (χ2n) is 6.16. The van der Waals surface area contributed by atoms with Crippen LogP contribution in [0.4, 0.5) is 0 Å². The quantitative estimate of drug-likeness (QED) is 0.508. The number of carbonyl (C=O) groups excluding carboxylic acids is 1. The monoisotopic (exact) mass is 379 g/mol. The molecule has 0 fully saturated rings. The van der Waals surface area contributed by atoms with Crippen molar-refractivity contribution in [3.05, 3.63) is 57.5 Å². The molecule has 2 aromatic heterocycles. The van der Waals surface area contributed by atoms with Gasteiger partial charge in [-0.2, -0.15) is 0 Å². The highest BCUT2D eigenvalue weighted by Gasteiger charge is 2.27. The van der Waals surface area contributed by atoms with Crippen molar-refractivity contribution in [3.8, 4) is 5.75 Å². The molecule has 0 spiro atoms. The molecule has 1 aliphatic heterocycles. The number of carbonyl (C=O) groups is 1. The maximum Gasteiger partial charge on any atom is 0.363 e. The van der Waals surface area contributed by atoms with Gasteiger partial charge in [0.15, 0.2) is 5.70 Å². The first-order valence-corrected chi connectivity index (χ1v) is 9.20. The minimum atomic E-state index is -0.480. The van der Waals surface area contributed by atoms with E-state index < -0.39 is 5.97 Å². The zero-order valence-corrected chi connectivity index (χ0v) is 16.2. The van der Waals surface area contributed by atoms with Crippen LogP contribution in [0.5, 0.6) is 5.75 Å². The number of fused-ring (bicyclic) bond motifs is 1. The standard InChI is InChI=1S/C20H17N3O3S/c1-10-16(27-19-17(10)11(2)21-12(3)22-19)9-14-20(24)26-18(23-14)13-7-5-6-8-15(13)25-4/h5-9H,1-4H3/b14-9+. The highest BCUT2D eigenvalue weighted by molar-refractivity contribution is 7.19. The number of nitrogens with zero attached hydrogens (tertiary/aromatic N) is 3. The van der Waals surface area contributed by atoms with Crippen molar-refractivity contribution in [2.75, 3.05) is 7.11 Å². The molecule has 0 N–H and O–H groups in total. The van der Waals surface area contributed by atoms with Crippen molar-refractivity contribution in [3.63, 3.8) is 0 Å². The molecule has 0 saturated carbocycles. The summed E-state index contributed by atoms with van der Waals surface area (Å²) in [4.78, 5) is 27.5. The van der Waals surface area contributed by atoms with E-state index in [1.54, 1.807) is 25.3 Å². The van der Waals surface area contributed by atoms with Gasteiger partial charge in [-0.05, 0) is 44.5 Å². The molecular weight excluding hydrogens is 362 g/mol. The Morgan fingerprint density at radius 3 is 2.70 bits per heavy atom. The van der Waals surface area contributed by atoms with Crippen LogP contribution in [-0.4, -0.2) is 28.9 Å². The number of aromatic nitrogens is 2. The lowest BCUT2D eigenvalue weighted by molar-refractivity contribution is -0.129. The predicted octanol–water partition coefficient (Wildman–Crippen LogP) is 3.97. The Balaban J connectivity index is 1.79. The molecule has 7 heteroatoms. The fourth-order valence-corrected chi connectivity index (χ4v) is 4.31. The maximum absolute atomic E-state index is 12.3. The van der Waals surface area contributed by atoms with E-state index in [4.69, 9.17) is 9.47 Å². The van der Waals surface area contributed by atoms with E-state index in [-0.39, 0.29) is 11.6 Å². The Morgan fingerprint density at radius 1 is 1.15 bits per heavy atom. The zero-order valence-electron chi connectivity index (χ0n) is 15.4. The van der Waals surface area contributed by atoms with Gasteiger partial charge >= 0.3 is 5.97 Å². The van der Waals surface area contributed by atoms with Gasteiger partial charge in [-0.15, -0.1) is 11.3 Å². The van der Waals surface area contributed by atoms with Crippen molar-refractivity contribution in [2.45, 2.75) is 20.8 Å². The van der Waals surface area contributed by atoms with Crippen LogP contribution in [0, 0.1) is 20.8 Å². The minimum Gasteiger partial charge on any atom is -0.496 e. The SMILES string of the molecule is COc1ccccc1C1=N/C(=C/c2sc3nc(C)nc(C)c3c2C)C(=O)O1. The molecule has 0 saturated heterocycles. The smallest absolute Gasteiger partial charge is 0.363 e. The van der Waals surface area contributed by atoms with Crippen LogP contribution in [0.2, 0.25) is 0 Å². The summed E-state index contributed by atoms with van der Waals surface area (Å²) in [5.74, 6) is 1.10. The topological polar surface area (TPSA) is 73.7 Å². The van der Waals surface area contributed by atoms with E-state index >= 15 is 0 Å². The number of rotatable bonds is 3. The van der Waals surface area contributed by atoms with Gasteiger partial charge < -0.3 is 9.47 Å². The third kappa shape index (κ3) is 3.00. The number of para-hydroxylation sites is 1. The van der Waals surface area contributed by atoms with Crippen molar-refractivity contribution in [2.24, 2.45) is 4.99 Å². The van der Waals surface area contributed by atoms with E-state index in [9.17, 15) is 4.79 Å². The molecule has 136 valence electrons. The van der Waals surface area contributed by atoms with Gasteiger partial charge in [0.2, 0.25) is 5.90 Å². The summed E-state index contributed by atoms with van der Waals surface area (Å²) >= 11 is 1.52. The Kier molecular flexibility index (Phi) is 4.24. The summed E-state index contributed by atoms with van der Waals surface area (Å²) in [5.41, 5.74) is 2.87. The Morgan fingerprint density at radius 2 is 1.93 bits per heavy atom. The van der Waals surface area contributed by atoms with Gasteiger partial charge in [0.05, 0.1) is 12.7 Å².